The van der Waals surface area contributed by atoms with Crippen molar-refractivity contribution < 1.29 is 57.8 Å². The minimum Gasteiger partial charge on any atom is -0.542 e. The van der Waals surface area contributed by atoms with E-state index >= 15 is 0 Å². The SMILES string of the molecule is CC(=O)CN(CCc1ccccc1)C(=O)[C@@H]1OC(C(=O)O)=C[C@H]([NH3+])[C@H]1NC(C)=O.O=C([O-])C(F)(F)F. The molecule has 1 aliphatic heterocycles. The summed E-state index contributed by atoms with van der Waals surface area (Å²) >= 11 is 0. The molecule has 3 atom stereocenters. The van der Waals surface area contributed by atoms with E-state index in [1.807, 2.05) is 30.3 Å². The lowest BCUT2D eigenvalue weighted by Crippen LogP contribution is -2.74. The molecule has 1 aromatic rings. The lowest BCUT2D eigenvalue weighted by atomic mass is 9.97. The van der Waals surface area contributed by atoms with Crippen molar-refractivity contribution in [1.82, 2.24) is 10.2 Å². The fourth-order valence-corrected chi connectivity index (χ4v) is 3.14. The molecule has 0 spiro atoms. The quantitative estimate of drug-likeness (QED) is 0.370. The Labute approximate surface area is 203 Å². The molecule has 2 amide bonds. The van der Waals surface area contributed by atoms with Crippen LogP contribution in [0.25, 0.3) is 0 Å². The van der Waals surface area contributed by atoms with Crippen molar-refractivity contribution in [3.05, 3.63) is 47.7 Å². The summed E-state index contributed by atoms with van der Waals surface area (Å²) in [5.41, 5.74) is 4.82. The summed E-state index contributed by atoms with van der Waals surface area (Å²) in [6, 6.07) is 7.90. The highest BCUT2D eigenvalue weighted by Crippen LogP contribution is 2.19. The van der Waals surface area contributed by atoms with Gasteiger partial charge in [-0.25, -0.2) is 4.79 Å². The zero-order valence-corrected chi connectivity index (χ0v) is 19.4. The molecule has 14 heteroatoms. The van der Waals surface area contributed by atoms with E-state index in [1.165, 1.54) is 24.8 Å². The van der Waals surface area contributed by atoms with E-state index in [-0.39, 0.29) is 18.9 Å². The predicted molar refractivity (Wildman–Crippen MR) is 113 cm³/mol. The number of quaternary nitrogens is 1. The molecule has 1 aromatic carbocycles. The van der Waals surface area contributed by atoms with Crippen LogP contribution in [-0.2, 0) is 35.1 Å². The van der Waals surface area contributed by atoms with Gasteiger partial charge in [0.05, 0.1) is 6.54 Å². The normalized spacial score (nSPS) is 18.9. The van der Waals surface area contributed by atoms with Crippen molar-refractivity contribution in [2.45, 2.75) is 44.6 Å². The standard InChI is InChI=1S/C20H25N3O6.C2HF3O2/c1-12(24)11-23(9-8-14-6-4-3-5-7-14)19(26)18-17(22-13(2)25)15(21)10-16(29-18)20(27)28;3-2(4,5)1(6)7/h3-7,10,15,17-18H,8-9,11,21H2,1-2H3,(H,22,25)(H,27,28);(H,6,7)/t15-,17+,18+;/m0./s1. The highest BCUT2D eigenvalue weighted by atomic mass is 19.4. The summed E-state index contributed by atoms with van der Waals surface area (Å²) < 4.78 is 37.0. The Balaban J connectivity index is 0.000000809. The smallest absolute Gasteiger partial charge is 0.430 e. The van der Waals surface area contributed by atoms with Gasteiger partial charge in [-0.05, 0) is 18.9 Å². The topological polar surface area (TPSA) is 181 Å². The molecular weight excluding hydrogens is 491 g/mol. The number of nitrogens with zero attached hydrogens (tertiary/aromatic N) is 1. The monoisotopic (exact) mass is 517 g/mol. The highest BCUT2D eigenvalue weighted by Gasteiger charge is 2.44. The zero-order chi connectivity index (χ0) is 27.6. The van der Waals surface area contributed by atoms with Gasteiger partial charge in [0.15, 0.2) is 0 Å². The molecule has 0 unspecified atom stereocenters. The van der Waals surface area contributed by atoms with Gasteiger partial charge in [0, 0.05) is 19.5 Å². The number of carbonyl (C=O) groups is 5. The lowest BCUT2D eigenvalue weighted by Gasteiger charge is -2.35. The van der Waals surface area contributed by atoms with Crippen LogP contribution in [0.3, 0.4) is 0 Å². The molecule has 198 valence electrons. The molecule has 1 aliphatic rings. The minimum absolute atomic E-state index is 0.147. The van der Waals surface area contributed by atoms with Crippen LogP contribution in [-0.4, -0.2) is 77.0 Å². The third kappa shape index (κ3) is 9.74. The van der Waals surface area contributed by atoms with Gasteiger partial charge in [-0.3, -0.25) is 14.4 Å². The first-order valence-corrected chi connectivity index (χ1v) is 10.5. The maximum atomic E-state index is 13.2. The first-order valence-electron chi connectivity index (χ1n) is 10.5. The van der Waals surface area contributed by atoms with Gasteiger partial charge < -0.3 is 35.7 Å². The number of alkyl halides is 3. The van der Waals surface area contributed by atoms with E-state index in [1.54, 1.807) is 0 Å². The second-order valence-corrected chi connectivity index (χ2v) is 7.75. The van der Waals surface area contributed by atoms with E-state index in [0.717, 1.165) is 5.56 Å². The van der Waals surface area contributed by atoms with Gasteiger partial charge in [0.2, 0.25) is 17.8 Å². The van der Waals surface area contributed by atoms with Crippen LogP contribution in [0.2, 0.25) is 0 Å². The second kappa shape index (κ2) is 13.2. The fourth-order valence-electron chi connectivity index (χ4n) is 3.14. The summed E-state index contributed by atoms with van der Waals surface area (Å²) in [4.78, 5) is 58.0. The number of carboxylic acid groups (broad SMARTS) is 2. The number of hydrogen-bond donors (Lipinski definition) is 3. The second-order valence-electron chi connectivity index (χ2n) is 7.75. The third-order valence-electron chi connectivity index (χ3n) is 4.70. The Morgan fingerprint density at radius 2 is 1.69 bits per heavy atom. The number of Topliss-reactive ketones (excluding diaryl/α,β-unsaturated/α-hetero) is 1. The Morgan fingerprint density at radius 3 is 2.14 bits per heavy atom. The van der Waals surface area contributed by atoms with Gasteiger partial charge in [0.1, 0.15) is 23.8 Å². The van der Waals surface area contributed by atoms with Gasteiger partial charge in [-0.1, -0.05) is 30.3 Å². The number of hydrogen-bond acceptors (Lipinski definition) is 7. The number of carbonyl (C=O) groups excluding carboxylic acids is 4. The molecule has 1 heterocycles. The highest BCUT2D eigenvalue weighted by molar-refractivity contribution is 5.90. The van der Waals surface area contributed by atoms with Crippen molar-refractivity contribution >= 4 is 29.5 Å². The Morgan fingerprint density at radius 1 is 1.14 bits per heavy atom. The zero-order valence-electron chi connectivity index (χ0n) is 19.4. The molecule has 11 nitrogen and oxygen atoms in total. The molecule has 0 saturated heterocycles. The van der Waals surface area contributed by atoms with E-state index in [0.29, 0.717) is 6.42 Å². The van der Waals surface area contributed by atoms with E-state index < -0.39 is 53.9 Å². The summed E-state index contributed by atoms with van der Waals surface area (Å²) in [6.07, 6.45) is -4.73. The number of rotatable bonds is 8. The Kier molecular flexibility index (Phi) is 11.1. The van der Waals surface area contributed by atoms with Crippen LogP contribution in [0.5, 0.6) is 0 Å². The first kappa shape index (κ1) is 30.1. The average molecular weight is 517 g/mol. The van der Waals surface area contributed by atoms with Crippen LogP contribution in [0.4, 0.5) is 13.2 Å². The van der Waals surface area contributed by atoms with Crippen molar-refractivity contribution in [2.75, 3.05) is 13.1 Å². The molecule has 5 N–H and O–H groups in total. The molecule has 0 fully saturated rings. The largest absolute Gasteiger partial charge is 0.542 e. The molecule has 0 bridgehead atoms. The molecule has 0 aromatic heterocycles. The molecule has 0 aliphatic carbocycles. The summed E-state index contributed by atoms with van der Waals surface area (Å²) in [7, 11) is 0. The number of aliphatic carboxylic acids is 2. The van der Waals surface area contributed by atoms with Crippen LogP contribution in [0, 0.1) is 0 Å². The summed E-state index contributed by atoms with van der Waals surface area (Å²) in [5, 5.41) is 20.7. The first-order chi connectivity index (χ1) is 16.6. The van der Waals surface area contributed by atoms with Crippen molar-refractivity contribution in [3.63, 3.8) is 0 Å². The van der Waals surface area contributed by atoms with Crippen LogP contribution in [0.15, 0.2) is 42.2 Å². The van der Waals surface area contributed by atoms with Gasteiger partial charge in [-0.15, -0.1) is 0 Å². The molecule has 2 rings (SSSR count). The third-order valence-corrected chi connectivity index (χ3v) is 4.70. The van der Waals surface area contributed by atoms with Crippen LogP contribution >= 0.6 is 0 Å². The number of halogens is 3. The van der Waals surface area contributed by atoms with Crippen LogP contribution < -0.4 is 16.2 Å². The summed E-state index contributed by atoms with van der Waals surface area (Å²) in [5.74, 6) is -5.95. The van der Waals surface area contributed by atoms with E-state index in [9.17, 15) is 37.5 Å². The Hall–Kier alpha value is -3.94. The number of nitrogens with one attached hydrogen (secondary N) is 1. The lowest BCUT2D eigenvalue weighted by molar-refractivity contribution is -0.414. The Bertz CT molecular complexity index is 998. The number of amides is 2. The number of carboxylic acids is 2. The van der Waals surface area contributed by atoms with Crippen molar-refractivity contribution in [1.29, 1.82) is 0 Å². The van der Waals surface area contributed by atoms with Crippen molar-refractivity contribution in [2.24, 2.45) is 0 Å². The predicted octanol–water partition coefficient (Wildman–Crippen LogP) is -1.57. The van der Waals surface area contributed by atoms with E-state index in [4.69, 9.17) is 14.6 Å². The summed E-state index contributed by atoms with van der Waals surface area (Å²) in [6.45, 7) is 2.74. The number of benzene rings is 1. The molecule has 0 radical (unpaired) electrons. The molecule has 0 saturated carbocycles. The number of ether oxygens (including phenoxy) is 1. The maximum Gasteiger partial charge on any atom is 0.430 e. The van der Waals surface area contributed by atoms with Gasteiger partial charge in [-0.2, -0.15) is 13.2 Å². The number of ketones is 1. The average Bonchev–Trinajstić information content (AvgIpc) is 2.77. The minimum atomic E-state index is -5.19. The molecule has 36 heavy (non-hydrogen) atoms. The van der Waals surface area contributed by atoms with Gasteiger partial charge >= 0.3 is 12.1 Å². The van der Waals surface area contributed by atoms with Crippen LogP contribution in [0.1, 0.15) is 19.4 Å². The maximum absolute atomic E-state index is 13.2. The van der Waals surface area contributed by atoms with Gasteiger partial charge in [0.25, 0.3) is 5.91 Å². The molecular formula is C22H26F3N3O8. The fraction of sp³-hybridized carbons (Fsp3) is 0.409. The van der Waals surface area contributed by atoms with Crippen molar-refractivity contribution in [3.8, 4) is 0 Å². The van der Waals surface area contributed by atoms with E-state index in [2.05, 4.69) is 11.1 Å².